The Kier molecular flexibility index (Phi) is 7.58. The highest BCUT2D eigenvalue weighted by molar-refractivity contribution is 6.05. The number of carbonyl (C=O) groups is 3. The first-order valence-electron chi connectivity index (χ1n) is 11.9. The number of rotatable bonds is 6. The molecule has 0 aliphatic heterocycles. The number of nitrogens with one attached hydrogen (secondary N) is 1. The molecule has 0 heterocycles. The van der Waals surface area contributed by atoms with Crippen LogP contribution in [0.5, 0.6) is 0 Å². The second-order valence-electron chi connectivity index (χ2n) is 10.6. The number of fused-ring (bicyclic) bond motifs is 1. The molecule has 3 rings (SSSR count). The van der Waals surface area contributed by atoms with E-state index in [1.165, 1.54) is 30.2 Å². The third kappa shape index (κ3) is 6.41. The Morgan fingerprint density at radius 2 is 1.34 bits per heavy atom. The molecule has 2 aromatic rings. The first-order valence-corrected chi connectivity index (χ1v) is 11.9. The van der Waals surface area contributed by atoms with E-state index in [0.29, 0.717) is 5.56 Å². The third-order valence-corrected chi connectivity index (χ3v) is 6.36. The molecule has 0 spiro atoms. The van der Waals surface area contributed by atoms with Gasteiger partial charge in [0, 0.05) is 18.2 Å². The average Bonchev–Trinajstić information content (AvgIpc) is 2.76. The van der Waals surface area contributed by atoms with Crippen LogP contribution in [0.1, 0.15) is 93.2 Å². The SMILES string of the molecule is CC(C)OC(=O)OC(C)OC(=O)c1ccc(C(=O)Nc2ccc3c(c2)C(C)(C)CCC3(C)C)cc1. The smallest absolute Gasteiger partial charge is 0.431 e. The lowest BCUT2D eigenvalue weighted by Crippen LogP contribution is -2.33. The molecule has 0 saturated carbocycles. The minimum absolute atomic E-state index is 0.0416. The second-order valence-corrected chi connectivity index (χ2v) is 10.6. The van der Waals surface area contributed by atoms with Crippen LogP contribution in [0.4, 0.5) is 10.5 Å². The predicted octanol–water partition coefficient (Wildman–Crippen LogP) is 6.35. The Bertz CT molecular complexity index is 1100. The van der Waals surface area contributed by atoms with E-state index in [4.69, 9.17) is 14.2 Å². The first-order chi connectivity index (χ1) is 16.3. The highest BCUT2D eigenvalue weighted by Crippen LogP contribution is 2.46. The monoisotopic (exact) mass is 481 g/mol. The van der Waals surface area contributed by atoms with Crippen molar-refractivity contribution in [2.24, 2.45) is 0 Å². The largest absolute Gasteiger partial charge is 0.511 e. The minimum Gasteiger partial charge on any atom is -0.431 e. The molecule has 0 bridgehead atoms. The van der Waals surface area contributed by atoms with Crippen molar-refractivity contribution >= 4 is 23.7 Å². The molecule has 0 saturated heterocycles. The number of hydrogen-bond acceptors (Lipinski definition) is 6. The number of benzene rings is 2. The summed E-state index contributed by atoms with van der Waals surface area (Å²) in [6.07, 6.45) is -0.162. The lowest BCUT2D eigenvalue weighted by atomic mass is 9.63. The zero-order valence-electron chi connectivity index (χ0n) is 21.6. The van der Waals surface area contributed by atoms with Crippen LogP contribution in [0.15, 0.2) is 42.5 Å². The quantitative estimate of drug-likeness (QED) is 0.382. The van der Waals surface area contributed by atoms with Gasteiger partial charge in [0.05, 0.1) is 11.7 Å². The van der Waals surface area contributed by atoms with Gasteiger partial charge in [-0.3, -0.25) is 4.79 Å². The number of carbonyl (C=O) groups excluding carboxylic acids is 3. The molecule has 7 heteroatoms. The van der Waals surface area contributed by atoms with Crippen LogP contribution >= 0.6 is 0 Å². The fourth-order valence-electron chi connectivity index (χ4n) is 4.23. The van der Waals surface area contributed by atoms with Gasteiger partial charge in [-0.1, -0.05) is 33.8 Å². The Labute approximate surface area is 207 Å². The van der Waals surface area contributed by atoms with Crippen molar-refractivity contribution in [2.45, 2.75) is 84.5 Å². The molecule has 188 valence electrons. The summed E-state index contributed by atoms with van der Waals surface area (Å²) >= 11 is 0. The van der Waals surface area contributed by atoms with E-state index in [0.717, 1.165) is 18.5 Å². The van der Waals surface area contributed by atoms with Gasteiger partial charge in [-0.2, -0.15) is 0 Å². The van der Waals surface area contributed by atoms with Gasteiger partial charge in [0.2, 0.25) is 6.29 Å². The molecular weight excluding hydrogens is 446 g/mol. The molecule has 1 aliphatic rings. The predicted molar refractivity (Wildman–Crippen MR) is 134 cm³/mol. The van der Waals surface area contributed by atoms with E-state index in [-0.39, 0.29) is 28.4 Å². The van der Waals surface area contributed by atoms with Crippen LogP contribution in [-0.4, -0.2) is 30.4 Å². The van der Waals surface area contributed by atoms with Crippen LogP contribution in [0, 0.1) is 0 Å². The molecule has 0 radical (unpaired) electrons. The third-order valence-electron chi connectivity index (χ3n) is 6.36. The normalized spacial score (nSPS) is 16.6. The maximum absolute atomic E-state index is 12.8. The van der Waals surface area contributed by atoms with Crippen LogP contribution in [-0.2, 0) is 25.0 Å². The van der Waals surface area contributed by atoms with Crippen molar-refractivity contribution in [3.63, 3.8) is 0 Å². The highest BCUT2D eigenvalue weighted by Gasteiger charge is 2.37. The second kappa shape index (κ2) is 10.1. The number of anilines is 1. The van der Waals surface area contributed by atoms with Crippen molar-refractivity contribution in [1.82, 2.24) is 0 Å². The van der Waals surface area contributed by atoms with Gasteiger partial charge in [-0.25, -0.2) is 9.59 Å². The summed E-state index contributed by atoms with van der Waals surface area (Å²) < 4.78 is 14.8. The molecule has 2 aromatic carbocycles. The van der Waals surface area contributed by atoms with Gasteiger partial charge in [0.1, 0.15) is 0 Å². The summed E-state index contributed by atoms with van der Waals surface area (Å²) in [7, 11) is 0. The van der Waals surface area contributed by atoms with Crippen molar-refractivity contribution in [3.05, 3.63) is 64.7 Å². The van der Waals surface area contributed by atoms with Gasteiger partial charge in [0.25, 0.3) is 5.91 Å². The molecule has 1 unspecified atom stereocenters. The van der Waals surface area contributed by atoms with Gasteiger partial charge < -0.3 is 19.5 Å². The average molecular weight is 482 g/mol. The highest BCUT2D eigenvalue weighted by atomic mass is 16.8. The zero-order chi connectivity index (χ0) is 26.0. The van der Waals surface area contributed by atoms with Crippen molar-refractivity contribution in [2.75, 3.05) is 5.32 Å². The van der Waals surface area contributed by atoms with Crippen LogP contribution < -0.4 is 5.32 Å². The van der Waals surface area contributed by atoms with Crippen molar-refractivity contribution in [3.8, 4) is 0 Å². The topological polar surface area (TPSA) is 90.9 Å². The Morgan fingerprint density at radius 3 is 1.94 bits per heavy atom. The summed E-state index contributed by atoms with van der Waals surface area (Å²) in [4.78, 5) is 36.7. The molecule has 1 aliphatic carbocycles. The summed E-state index contributed by atoms with van der Waals surface area (Å²) in [5.41, 5.74) is 4.11. The lowest BCUT2D eigenvalue weighted by Gasteiger charge is -2.42. The van der Waals surface area contributed by atoms with Crippen molar-refractivity contribution in [1.29, 1.82) is 0 Å². The summed E-state index contributed by atoms with van der Waals surface area (Å²) in [6, 6.07) is 12.2. The van der Waals surface area contributed by atoms with Crippen LogP contribution in [0.2, 0.25) is 0 Å². The van der Waals surface area contributed by atoms with Crippen LogP contribution in [0.3, 0.4) is 0 Å². The lowest BCUT2D eigenvalue weighted by molar-refractivity contribution is -0.0866. The molecule has 1 N–H and O–H groups in total. The van der Waals surface area contributed by atoms with E-state index in [9.17, 15) is 14.4 Å². The van der Waals surface area contributed by atoms with E-state index in [2.05, 4.69) is 45.1 Å². The van der Waals surface area contributed by atoms with Gasteiger partial charge in [-0.15, -0.1) is 0 Å². The molecule has 7 nitrogen and oxygen atoms in total. The standard InChI is InChI=1S/C28H35NO6/c1-17(2)33-26(32)35-18(3)34-25(31)20-10-8-19(9-11-20)24(30)29-21-12-13-22-23(16-21)28(6,7)15-14-27(22,4)5/h8-13,16-18H,14-15H2,1-7H3,(H,29,30). The zero-order valence-corrected chi connectivity index (χ0v) is 21.6. The Morgan fingerprint density at radius 1 is 0.771 bits per heavy atom. The van der Waals surface area contributed by atoms with Crippen LogP contribution in [0.25, 0.3) is 0 Å². The van der Waals surface area contributed by atoms with E-state index in [1.807, 2.05) is 6.07 Å². The maximum atomic E-state index is 12.8. The number of hydrogen-bond donors (Lipinski definition) is 1. The molecule has 1 amide bonds. The minimum atomic E-state index is -1.12. The number of esters is 1. The van der Waals surface area contributed by atoms with Gasteiger partial charge in [0.15, 0.2) is 0 Å². The first kappa shape index (κ1) is 26.3. The van der Waals surface area contributed by atoms with E-state index >= 15 is 0 Å². The van der Waals surface area contributed by atoms with Gasteiger partial charge >= 0.3 is 12.1 Å². The molecule has 0 aromatic heterocycles. The molecular formula is C28H35NO6. The molecule has 0 fully saturated rings. The Balaban J connectivity index is 1.65. The molecule has 35 heavy (non-hydrogen) atoms. The fourth-order valence-corrected chi connectivity index (χ4v) is 4.23. The van der Waals surface area contributed by atoms with E-state index in [1.54, 1.807) is 26.0 Å². The van der Waals surface area contributed by atoms with Gasteiger partial charge in [-0.05, 0) is 85.0 Å². The summed E-state index contributed by atoms with van der Waals surface area (Å²) in [6.45, 7) is 13.8. The Hall–Kier alpha value is -3.35. The molecule has 1 atom stereocenters. The van der Waals surface area contributed by atoms with Crippen molar-refractivity contribution < 1.29 is 28.6 Å². The summed E-state index contributed by atoms with van der Waals surface area (Å²) in [5.74, 6) is -0.952. The van der Waals surface area contributed by atoms with E-state index < -0.39 is 18.4 Å². The summed E-state index contributed by atoms with van der Waals surface area (Å²) in [5, 5.41) is 2.96. The fraction of sp³-hybridized carbons (Fsp3) is 0.464. The number of ether oxygens (including phenoxy) is 3. The maximum Gasteiger partial charge on any atom is 0.511 e. The number of amides is 1.